The lowest BCUT2D eigenvalue weighted by molar-refractivity contribution is -0.140. The van der Waals surface area contributed by atoms with Gasteiger partial charge >= 0.3 is 0 Å². The van der Waals surface area contributed by atoms with Gasteiger partial charge in [-0.1, -0.05) is 42.5 Å². The summed E-state index contributed by atoms with van der Waals surface area (Å²) in [5, 5.41) is 0. The quantitative estimate of drug-likeness (QED) is 0.594. The van der Waals surface area contributed by atoms with Gasteiger partial charge in [0.2, 0.25) is 11.8 Å². The van der Waals surface area contributed by atoms with Crippen LogP contribution in [0.5, 0.6) is 5.75 Å². The number of ether oxygens (including phenoxy) is 1. The Labute approximate surface area is 202 Å². The number of methoxy groups -OCH3 is 1. The first-order valence-corrected chi connectivity index (χ1v) is 12.3. The highest BCUT2D eigenvalue weighted by atomic mass is 16.5. The molecule has 180 valence electrons. The molecule has 0 aromatic heterocycles. The summed E-state index contributed by atoms with van der Waals surface area (Å²) in [4.78, 5) is 31.9. The summed E-state index contributed by atoms with van der Waals surface area (Å²) in [6.45, 7) is 5.73. The molecule has 4 rings (SSSR count). The van der Waals surface area contributed by atoms with Crippen molar-refractivity contribution in [3.63, 3.8) is 0 Å². The van der Waals surface area contributed by atoms with E-state index < -0.39 is 0 Å². The van der Waals surface area contributed by atoms with Gasteiger partial charge in [-0.25, -0.2) is 0 Å². The van der Waals surface area contributed by atoms with Crippen molar-refractivity contribution in [2.75, 3.05) is 52.9 Å². The van der Waals surface area contributed by atoms with E-state index in [0.29, 0.717) is 13.1 Å². The monoisotopic (exact) mass is 461 g/mol. The summed E-state index contributed by atoms with van der Waals surface area (Å²) >= 11 is 0. The Morgan fingerprint density at radius 2 is 1.56 bits per heavy atom. The van der Waals surface area contributed by atoms with E-state index in [1.807, 2.05) is 58.3 Å². The van der Waals surface area contributed by atoms with Gasteiger partial charge in [-0.05, 0) is 48.6 Å². The summed E-state index contributed by atoms with van der Waals surface area (Å²) in [6.07, 6.45) is 6.00. The maximum Gasteiger partial charge on any atom is 0.246 e. The Morgan fingerprint density at radius 3 is 2.21 bits per heavy atom. The molecule has 0 unspecified atom stereocenters. The van der Waals surface area contributed by atoms with Gasteiger partial charge in [0.1, 0.15) is 5.75 Å². The second-order valence-corrected chi connectivity index (χ2v) is 9.11. The van der Waals surface area contributed by atoms with Crippen LogP contribution in [0, 0.1) is 5.92 Å². The molecule has 2 saturated heterocycles. The Hall–Kier alpha value is -3.12. The number of nitrogens with zero attached hydrogens (tertiary/aromatic N) is 3. The molecule has 2 fully saturated rings. The molecule has 2 aliphatic heterocycles. The van der Waals surface area contributed by atoms with Gasteiger partial charge in [-0.3, -0.25) is 14.5 Å². The molecule has 0 atom stereocenters. The predicted molar refractivity (Wildman–Crippen MR) is 134 cm³/mol. The van der Waals surface area contributed by atoms with Crippen molar-refractivity contribution in [3.05, 3.63) is 71.8 Å². The molecule has 0 radical (unpaired) electrons. The zero-order valence-electron chi connectivity index (χ0n) is 20.1. The van der Waals surface area contributed by atoms with Gasteiger partial charge < -0.3 is 14.5 Å². The fraction of sp³-hybridized carbons (Fsp3) is 0.429. The smallest absolute Gasteiger partial charge is 0.246 e. The van der Waals surface area contributed by atoms with Crippen molar-refractivity contribution in [3.8, 4) is 5.75 Å². The topological polar surface area (TPSA) is 53.1 Å². The molecule has 2 aromatic rings. The third-order valence-electron chi connectivity index (χ3n) is 6.93. The van der Waals surface area contributed by atoms with Crippen LogP contribution in [0.1, 0.15) is 24.0 Å². The first kappa shape index (κ1) is 24.0. The molecular weight excluding hydrogens is 426 g/mol. The number of rotatable bonds is 7. The van der Waals surface area contributed by atoms with Crippen LogP contribution in [0.15, 0.2) is 60.7 Å². The predicted octanol–water partition coefficient (Wildman–Crippen LogP) is 3.33. The number of piperidine rings is 1. The normalized spacial score (nSPS) is 17.8. The van der Waals surface area contributed by atoms with Crippen LogP contribution in [0.4, 0.5) is 0 Å². The lowest BCUT2D eigenvalue weighted by Gasteiger charge is -2.38. The van der Waals surface area contributed by atoms with Crippen LogP contribution in [0.2, 0.25) is 0 Å². The Balaban J connectivity index is 1.17. The zero-order chi connectivity index (χ0) is 23.8. The number of hydrogen-bond acceptors (Lipinski definition) is 4. The lowest BCUT2D eigenvalue weighted by atomic mass is 9.95. The molecule has 2 aliphatic rings. The first-order chi connectivity index (χ1) is 16.6. The van der Waals surface area contributed by atoms with Crippen molar-refractivity contribution in [1.82, 2.24) is 14.7 Å². The van der Waals surface area contributed by atoms with E-state index in [1.165, 1.54) is 5.56 Å². The minimum Gasteiger partial charge on any atom is -0.497 e. The highest BCUT2D eigenvalue weighted by Crippen LogP contribution is 2.21. The molecular formula is C28H35N3O3. The van der Waals surface area contributed by atoms with E-state index in [0.717, 1.165) is 63.3 Å². The number of hydrogen-bond donors (Lipinski definition) is 0. The molecule has 0 spiro atoms. The summed E-state index contributed by atoms with van der Waals surface area (Å²) in [6, 6.07) is 18.1. The van der Waals surface area contributed by atoms with E-state index >= 15 is 0 Å². The minimum absolute atomic E-state index is 0.0280. The molecule has 0 bridgehead atoms. The van der Waals surface area contributed by atoms with E-state index in [1.54, 1.807) is 13.2 Å². The molecule has 0 saturated carbocycles. The summed E-state index contributed by atoms with van der Waals surface area (Å²) in [5.41, 5.74) is 2.32. The summed E-state index contributed by atoms with van der Waals surface area (Å²) in [7, 11) is 1.68. The fourth-order valence-electron chi connectivity index (χ4n) is 4.71. The van der Waals surface area contributed by atoms with Crippen molar-refractivity contribution in [2.24, 2.45) is 5.92 Å². The first-order valence-electron chi connectivity index (χ1n) is 12.3. The van der Waals surface area contributed by atoms with Gasteiger partial charge in [-0.2, -0.15) is 0 Å². The second kappa shape index (κ2) is 11.8. The van der Waals surface area contributed by atoms with E-state index in [-0.39, 0.29) is 17.7 Å². The van der Waals surface area contributed by atoms with Crippen LogP contribution >= 0.6 is 0 Å². The highest BCUT2D eigenvalue weighted by Gasteiger charge is 2.31. The van der Waals surface area contributed by atoms with Crippen molar-refractivity contribution < 1.29 is 14.3 Å². The summed E-state index contributed by atoms with van der Waals surface area (Å²) in [5.74, 6) is 1.21. The van der Waals surface area contributed by atoms with Gasteiger partial charge in [0.15, 0.2) is 0 Å². The molecule has 6 nitrogen and oxygen atoms in total. The molecule has 6 heteroatoms. The minimum atomic E-state index is 0.0280. The second-order valence-electron chi connectivity index (χ2n) is 9.11. The number of amides is 2. The standard InChI is InChI=1S/C28H35N3O3/c1-34-26-10-7-24(8-11-26)13-16-29-19-21-31(22-20-29)28(33)25-14-17-30(18-15-25)27(32)12-9-23-5-3-2-4-6-23/h2-12,25H,13-22H2,1H3/b12-9+. The van der Waals surface area contributed by atoms with Crippen LogP contribution < -0.4 is 4.74 Å². The number of piperazine rings is 1. The van der Waals surface area contributed by atoms with Crippen LogP contribution in [0.3, 0.4) is 0 Å². The van der Waals surface area contributed by atoms with Crippen LogP contribution in [-0.2, 0) is 16.0 Å². The molecule has 2 aromatic carbocycles. The van der Waals surface area contributed by atoms with E-state index in [2.05, 4.69) is 17.0 Å². The van der Waals surface area contributed by atoms with Gasteiger partial charge in [0.25, 0.3) is 0 Å². The largest absolute Gasteiger partial charge is 0.497 e. The number of likely N-dealkylation sites (tertiary alicyclic amines) is 1. The van der Waals surface area contributed by atoms with Gasteiger partial charge in [-0.15, -0.1) is 0 Å². The number of carbonyl (C=O) groups is 2. The third kappa shape index (κ3) is 6.48. The maximum absolute atomic E-state index is 13.1. The van der Waals surface area contributed by atoms with E-state index in [9.17, 15) is 9.59 Å². The van der Waals surface area contributed by atoms with E-state index in [4.69, 9.17) is 4.74 Å². The van der Waals surface area contributed by atoms with Crippen molar-refractivity contribution in [1.29, 1.82) is 0 Å². The molecule has 2 heterocycles. The molecule has 34 heavy (non-hydrogen) atoms. The Kier molecular flexibility index (Phi) is 8.36. The van der Waals surface area contributed by atoms with Crippen molar-refractivity contribution >= 4 is 17.9 Å². The Morgan fingerprint density at radius 1 is 0.882 bits per heavy atom. The number of carbonyl (C=O) groups excluding carboxylic acids is 2. The number of benzene rings is 2. The fourth-order valence-corrected chi connectivity index (χ4v) is 4.71. The van der Waals surface area contributed by atoms with Crippen LogP contribution in [0.25, 0.3) is 6.08 Å². The SMILES string of the molecule is COc1ccc(CCN2CCN(C(=O)C3CCN(C(=O)/C=C/c4ccccc4)CC3)CC2)cc1. The third-order valence-corrected chi connectivity index (χ3v) is 6.93. The zero-order valence-corrected chi connectivity index (χ0v) is 20.1. The average molecular weight is 462 g/mol. The highest BCUT2D eigenvalue weighted by molar-refractivity contribution is 5.92. The van der Waals surface area contributed by atoms with Crippen molar-refractivity contribution in [2.45, 2.75) is 19.3 Å². The van der Waals surface area contributed by atoms with Crippen LogP contribution in [-0.4, -0.2) is 79.4 Å². The maximum atomic E-state index is 13.1. The van der Waals surface area contributed by atoms with Gasteiger partial charge in [0, 0.05) is 57.8 Å². The van der Waals surface area contributed by atoms with Gasteiger partial charge in [0.05, 0.1) is 7.11 Å². The molecule has 2 amide bonds. The lowest BCUT2D eigenvalue weighted by Crippen LogP contribution is -2.52. The average Bonchev–Trinajstić information content (AvgIpc) is 2.91. The molecule has 0 N–H and O–H groups in total. The molecule has 0 aliphatic carbocycles. The Bertz CT molecular complexity index is 958. The summed E-state index contributed by atoms with van der Waals surface area (Å²) < 4.78 is 5.22.